The SMILES string of the molecule is CC.CN(C)c1ccc(C(=O)NCc2ccc(N)cc2Cl)cc1. The Morgan fingerprint density at radius 3 is 2.26 bits per heavy atom. The molecule has 0 aromatic heterocycles. The third-order valence-electron chi connectivity index (χ3n) is 3.16. The van der Waals surface area contributed by atoms with Crippen LogP contribution >= 0.6 is 11.6 Å². The number of hydrogen-bond donors (Lipinski definition) is 2. The number of halogens is 1. The first-order valence-corrected chi connectivity index (χ1v) is 7.94. The van der Waals surface area contributed by atoms with Crippen molar-refractivity contribution in [2.75, 3.05) is 24.7 Å². The molecule has 0 unspecified atom stereocenters. The average Bonchev–Trinajstić information content (AvgIpc) is 2.55. The summed E-state index contributed by atoms with van der Waals surface area (Å²) in [6.45, 7) is 4.37. The predicted molar refractivity (Wildman–Crippen MR) is 99.2 cm³/mol. The average molecular weight is 334 g/mol. The van der Waals surface area contributed by atoms with Crippen LogP contribution < -0.4 is 16.0 Å². The molecule has 0 heterocycles. The Balaban J connectivity index is 0.00000127. The number of benzene rings is 2. The molecule has 0 saturated carbocycles. The van der Waals surface area contributed by atoms with Gasteiger partial charge in [0.1, 0.15) is 0 Å². The molecule has 0 atom stereocenters. The predicted octanol–water partition coefficient (Wildman–Crippen LogP) is 3.94. The van der Waals surface area contributed by atoms with Crippen molar-refractivity contribution in [3.8, 4) is 0 Å². The van der Waals surface area contributed by atoms with E-state index in [1.165, 1.54) is 0 Å². The maximum Gasteiger partial charge on any atom is 0.251 e. The third kappa shape index (κ3) is 5.49. The molecule has 5 heteroatoms. The van der Waals surface area contributed by atoms with Crippen molar-refractivity contribution >= 4 is 28.9 Å². The van der Waals surface area contributed by atoms with Gasteiger partial charge in [-0.2, -0.15) is 0 Å². The molecule has 3 N–H and O–H groups in total. The molecular formula is C18H24ClN3O. The highest BCUT2D eigenvalue weighted by molar-refractivity contribution is 6.31. The number of nitrogen functional groups attached to an aromatic ring is 1. The molecule has 1 amide bonds. The number of hydrogen-bond acceptors (Lipinski definition) is 3. The normalized spacial score (nSPS) is 9.61. The number of amides is 1. The van der Waals surface area contributed by atoms with Gasteiger partial charge in [-0.15, -0.1) is 0 Å². The van der Waals surface area contributed by atoms with Crippen molar-refractivity contribution in [2.45, 2.75) is 20.4 Å². The van der Waals surface area contributed by atoms with E-state index >= 15 is 0 Å². The van der Waals surface area contributed by atoms with Gasteiger partial charge in [0.05, 0.1) is 0 Å². The van der Waals surface area contributed by atoms with E-state index in [1.807, 2.05) is 51.0 Å². The van der Waals surface area contributed by atoms with Crippen molar-refractivity contribution in [2.24, 2.45) is 0 Å². The maximum absolute atomic E-state index is 12.1. The minimum absolute atomic E-state index is 0.131. The highest BCUT2D eigenvalue weighted by Crippen LogP contribution is 2.19. The van der Waals surface area contributed by atoms with E-state index in [9.17, 15) is 4.79 Å². The van der Waals surface area contributed by atoms with E-state index in [0.717, 1.165) is 11.3 Å². The van der Waals surface area contributed by atoms with Gasteiger partial charge < -0.3 is 16.0 Å². The van der Waals surface area contributed by atoms with E-state index in [4.69, 9.17) is 17.3 Å². The largest absolute Gasteiger partial charge is 0.399 e. The zero-order chi connectivity index (χ0) is 17.4. The van der Waals surface area contributed by atoms with Crippen LogP contribution in [0.3, 0.4) is 0 Å². The van der Waals surface area contributed by atoms with Gasteiger partial charge in [-0.05, 0) is 42.0 Å². The molecule has 0 bridgehead atoms. The van der Waals surface area contributed by atoms with Gasteiger partial charge in [-0.3, -0.25) is 4.79 Å². The van der Waals surface area contributed by atoms with Gasteiger partial charge in [0.15, 0.2) is 0 Å². The molecule has 0 aliphatic rings. The lowest BCUT2D eigenvalue weighted by Gasteiger charge is -2.13. The van der Waals surface area contributed by atoms with Crippen LogP contribution in [0.4, 0.5) is 11.4 Å². The summed E-state index contributed by atoms with van der Waals surface area (Å²) in [5.41, 5.74) is 8.75. The molecule has 0 radical (unpaired) electrons. The van der Waals surface area contributed by atoms with E-state index in [2.05, 4.69) is 5.32 Å². The van der Waals surface area contributed by atoms with Crippen LogP contribution in [-0.4, -0.2) is 20.0 Å². The fourth-order valence-corrected chi connectivity index (χ4v) is 2.15. The van der Waals surface area contributed by atoms with Crippen LogP contribution in [0.15, 0.2) is 42.5 Å². The first-order chi connectivity index (χ1) is 11.0. The highest BCUT2D eigenvalue weighted by atomic mass is 35.5. The molecule has 2 aromatic rings. The Morgan fingerprint density at radius 2 is 1.74 bits per heavy atom. The van der Waals surface area contributed by atoms with E-state index in [-0.39, 0.29) is 5.91 Å². The van der Waals surface area contributed by atoms with Crippen LogP contribution in [0, 0.1) is 0 Å². The zero-order valence-electron chi connectivity index (χ0n) is 14.1. The number of carbonyl (C=O) groups is 1. The lowest BCUT2D eigenvalue weighted by atomic mass is 10.1. The molecule has 0 aliphatic carbocycles. The van der Waals surface area contributed by atoms with E-state index in [0.29, 0.717) is 22.8 Å². The Kier molecular flexibility index (Phi) is 7.42. The van der Waals surface area contributed by atoms with Crippen LogP contribution in [-0.2, 0) is 6.54 Å². The van der Waals surface area contributed by atoms with Crippen molar-refractivity contribution in [1.29, 1.82) is 0 Å². The second-order valence-electron chi connectivity index (χ2n) is 4.97. The molecule has 0 spiro atoms. The van der Waals surface area contributed by atoms with Gasteiger partial charge in [-0.1, -0.05) is 31.5 Å². The summed E-state index contributed by atoms with van der Waals surface area (Å²) >= 11 is 6.08. The number of nitrogens with one attached hydrogen (secondary N) is 1. The summed E-state index contributed by atoms with van der Waals surface area (Å²) in [5.74, 6) is -0.131. The quantitative estimate of drug-likeness (QED) is 0.833. The smallest absolute Gasteiger partial charge is 0.251 e. The minimum Gasteiger partial charge on any atom is -0.399 e. The summed E-state index contributed by atoms with van der Waals surface area (Å²) in [6, 6.07) is 12.7. The van der Waals surface area contributed by atoms with Gasteiger partial charge in [0, 0.05) is 42.6 Å². The highest BCUT2D eigenvalue weighted by Gasteiger charge is 2.07. The number of nitrogens with zero attached hydrogens (tertiary/aromatic N) is 1. The van der Waals surface area contributed by atoms with Crippen LogP contribution in [0.25, 0.3) is 0 Å². The summed E-state index contributed by atoms with van der Waals surface area (Å²) in [6.07, 6.45) is 0. The first kappa shape index (κ1) is 18.8. The Hall–Kier alpha value is -2.20. The van der Waals surface area contributed by atoms with Crippen molar-refractivity contribution in [3.63, 3.8) is 0 Å². The fourth-order valence-electron chi connectivity index (χ4n) is 1.90. The number of anilines is 2. The Morgan fingerprint density at radius 1 is 1.13 bits per heavy atom. The van der Waals surface area contributed by atoms with Gasteiger partial charge >= 0.3 is 0 Å². The van der Waals surface area contributed by atoms with Crippen LogP contribution in [0.2, 0.25) is 5.02 Å². The summed E-state index contributed by atoms with van der Waals surface area (Å²) < 4.78 is 0. The van der Waals surface area contributed by atoms with Crippen LogP contribution in [0.1, 0.15) is 29.8 Å². The Labute approximate surface area is 143 Å². The van der Waals surface area contributed by atoms with E-state index < -0.39 is 0 Å². The van der Waals surface area contributed by atoms with E-state index in [1.54, 1.807) is 24.3 Å². The molecule has 0 saturated heterocycles. The monoisotopic (exact) mass is 333 g/mol. The molecule has 2 aromatic carbocycles. The van der Waals surface area contributed by atoms with Gasteiger partial charge in [-0.25, -0.2) is 0 Å². The minimum atomic E-state index is -0.131. The number of carbonyl (C=O) groups excluding carboxylic acids is 1. The molecular weight excluding hydrogens is 310 g/mol. The second-order valence-corrected chi connectivity index (χ2v) is 5.38. The summed E-state index contributed by atoms with van der Waals surface area (Å²) in [7, 11) is 3.91. The third-order valence-corrected chi connectivity index (χ3v) is 3.51. The zero-order valence-corrected chi connectivity index (χ0v) is 14.8. The number of rotatable bonds is 4. The molecule has 2 rings (SSSR count). The topological polar surface area (TPSA) is 58.4 Å². The molecule has 4 nitrogen and oxygen atoms in total. The second kappa shape index (κ2) is 9.06. The first-order valence-electron chi connectivity index (χ1n) is 7.57. The lowest BCUT2D eigenvalue weighted by molar-refractivity contribution is 0.0951. The van der Waals surface area contributed by atoms with Gasteiger partial charge in [0.2, 0.25) is 0 Å². The Bertz CT molecular complexity index is 639. The standard InChI is InChI=1S/C16H18ClN3O.C2H6/c1-20(2)14-7-4-11(5-8-14)16(21)19-10-12-3-6-13(18)9-15(12)17;1-2/h3-9H,10,18H2,1-2H3,(H,19,21);1-2H3. The fraction of sp³-hybridized carbons (Fsp3) is 0.278. The van der Waals surface area contributed by atoms with Crippen molar-refractivity contribution in [1.82, 2.24) is 5.32 Å². The lowest BCUT2D eigenvalue weighted by Crippen LogP contribution is -2.23. The summed E-state index contributed by atoms with van der Waals surface area (Å²) in [5, 5.41) is 3.40. The van der Waals surface area contributed by atoms with Crippen molar-refractivity contribution in [3.05, 3.63) is 58.6 Å². The number of nitrogens with two attached hydrogens (primary N) is 1. The molecule has 0 aliphatic heterocycles. The van der Waals surface area contributed by atoms with Crippen molar-refractivity contribution < 1.29 is 4.79 Å². The molecule has 23 heavy (non-hydrogen) atoms. The van der Waals surface area contributed by atoms with Gasteiger partial charge in [0.25, 0.3) is 5.91 Å². The summed E-state index contributed by atoms with van der Waals surface area (Å²) in [4.78, 5) is 14.1. The maximum atomic E-state index is 12.1. The van der Waals surface area contributed by atoms with Crippen LogP contribution in [0.5, 0.6) is 0 Å². The molecule has 0 fully saturated rings. The molecule has 124 valence electrons.